The van der Waals surface area contributed by atoms with Gasteiger partial charge in [-0.15, -0.1) is 0 Å². The van der Waals surface area contributed by atoms with Crippen LogP contribution in [0.1, 0.15) is 15.9 Å². The van der Waals surface area contributed by atoms with Crippen molar-refractivity contribution in [2.45, 2.75) is 0 Å². The fourth-order valence-electron chi connectivity index (χ4n) is 2.42. The van der Waals surface area contributed by atoms with Crippen molar-refractivity contribution in [1.82, 2.24) is 0 Å². The summed E-state index contributed by atoms with van der Waals surface area (Å²) in [5.74, 6) is 0.174. The molecule has 23 heavy (non-hydrogen) atoms. The highest BCUT2D eigenvalue weighted by Crippen LogP contribution is 2.24. The second kappa shape index (κ2) is 6.36. The molecule has 3 rings (SSSR count). The van der Waals surface area contributed by atoms with Crippen molar-refractivity contribution in [1.29, 1.82) is 0 Å². The Labute approximate surface area is 134 Å². The molecule has 0 fully saturated rings. The number of ether oxygens (including phenoxy) is 1. The van der Waals surface area contributed by atoms with E-state index in [1.165, 1.54) is 19.3 Å². The van der Waals surface area contributed by atoms with Crippen LogP contribution in [0.3, 0.4) is 0 Å². The minimum absolute atomic E-state index is 0.0856. The van der Waals surface area contributed by atoms with Crippen LogP contribution in [0.15, 0.2) is 66.7 Å². The third kappa shape index (κ3) is 3.24. The van der Waals surface area contributed by atoms with Gasteiger partial charge in [-0.25, -0.2) is 0 Å². The van der Waals surface area contributed by atoms with Gasteiger partial charge in [0.15, 0.2) is 5.78 Å². The quantitative estimate of drug-likeness (QED) is 0.572. The number of benzene rings is 3. The minimum Gasteiger partial charge on any atom is -0.507 e. The topological polar surface area (TPSA) is 46.5 Å². The van der Waals surface area contributed by atoms with E-state index in [1.807, 2.05) is 42.5 Å². The van der Waals surface area contributed by atoms with Crippen LogP contribution in [0.2, 0.25) is 0 Å². The van der Waals surface area contributed by atoms with Gasteiger partial charge in [0.25, 0.3) is 0 Å². The smallest absolute Gasteiger partial charge is 0.189 e. The van der Waals surface area contributed by atoms with Gasteiger partial charge in [0.2, 0.25) is 0 Å². The fourth-order valence-corrected chi connectivity index (χ4v) is 2.42. The van der Waals surface area contributed by atoms with E-state index in [1.54, 1.807) is 18.2 Å². The molecule has 0 aromatic heterocycles. The summed E-state index contributed by atoms with van der Waals surface area (Å²) in [5, 5.41) is 12.2. The van der Waals surface area contributed by atoms with Gasteiger partial charge in [0, 0.05) is 6.07 Å². The van der Waals surface area contributed by atoms with Gasteiger partial charge in [-0.05, 0) is 40.6 Å². The zero-order valence-corrected chi connectivity index (χ0v) is 12.7. The van der Waals surface area contributed by atoms with Gasteiger partial charge in [-0.3, -0.25) is 4.79 Å². The second-order valence-corrected chi connectivity index (χ2v) is 5.19. The highest BCUT2D eigenvalue weighted by molar-refractivity contribution is 6.08. The number of hydrogen-bond donors (Lipinski definition) is 1. The summed E-state index contributed by atoms with van der Waals surface area (Å²) in [6.07, 6.45) is 3.21. The summed E-state index contributed by atoms with van der Waals surface area (Å²) in [5.41, 5.74) is 1.19. The Morgan fingerprint density at radius 1 is 1.00 bits per heavy atom. The molecule has 0 bridgehead atoms. The van der Waals surface area contributed by atoms with Gasteiger partial charge in [-0.1, -0.05) is 42.5 Å². The first-order valence-corrected chi connectivity index (χ1v) is 7.25. The molecule has 0 unspecified atom stereocenters. The molecule has 0 aliphatic heterocycles. The molecule has 0 amide bonds. The fraction of sp³-hybridized carbons (Fsp3) is 0.0500. The van der Waals surface area contributed by atoms with Crippen LogP contribution < -0.4 is 4.74 Å². The van der Waals surface area contributed by atoms with Crippen molar-refractivity contribution in [3.63, 3.8) is 0 Å². The summed E-state index contributed by atoms with van der Waals surface area (Å²) in [7, 11) is 1.51. The molecule has 0 spiro atoms. The number of carbonyl (C=O) groups excluding carboxylic acids is 1. The van der Waals surface area contributed by atoms with Gasteiger partial charge < -0.3 is 9.84 Å². The van der Waals surface area contributed by atoms with Gasteiger partial charge >= 0.3 is 0 Å². The summed E-state index contributed by atoms with van der Waals surface area (Å²) in [6.45, 7) is 0. The largest absolute Gasteiger partial charge is 0.507 e. The molecule has 0 aliphatic rings. The molecule has 0 saturated heterocycles. The molecule has 0 radical (unpaired) electrons. The van der Waals surface area contributed by atoms with Crippen molar-refractivity contribution in [2.24, 2.45) is 0 Å². The highest BCUT2D eigenvalue weighted by Gasteiger charge is 2.09. The number of hydrogen-bond acceptors (Lipinski definition) is 3. The minimum atomic E-state index is -0.252. The Hall–Kier alpha value is -3.07. The molecule has 1 N–H and O–H groups in total. The summed E-state index contributed by atoms with van der Waals surface area (Å²) in [6, 6.07) is 18.7. The van der Waals surface area contributed by atoms with E-state index >= 15 is 0 Å². The molecule has 3 aromatic rings. The Morgan fingerprint density at radius 2 is 1.78 bits per heavy atom. The second-order valence-electron chi connectivity index (χ2n) is 5.19. The number of allylic oxidation sites excluding steroid dienone is 1. The first-order chi connectivity index (χ1) is 11.2. The van der Waals surface area contributed by atoms with Crippen molar-refractivity contribution in [2.75, 3.05) is 7.11 Å². The lowest BCUT2D eigenvalue weighted by molar-refractivity contribution is 0.104. The molecular formula is C20H16O3. The molecule has 0 saturated carbocycles. The number of carbonyl (C=O) groups is 1. The summed E-state index contributed by atoms with van der Waals surface area (Å²) < 4.78 is 5.01. The maximum absolute atomic E-state index is 12.2. The lowest BCUT2D eigenvalue weighted by atomic mass is 10.0. The maximum atomic E-state index is 12.2. The molecule has 3 aromatic carbocycles. The van der Waals surface area contributed by atoms with Crippen LogP contribution in [-0.2, 0) is 0 Å². The van der Waals surface area contributed by atoms with Crippen molar-refractivity contribution in [3.8, 4) is 11.5 Å². The Balaban J connectivity index is 1.84. The highest BCUT2D eigenvalue weighted by atomic mass is 16.5. The first kappa shape index (κ1) is 14.9. The Morgan fingerprint density at radius 3 is 2.52 bits per heavy atom. The van der Waals surface area contributed by atoms with Crippen LogP contribution in [-0.4, -0.2) is 18.0 Å². The lowest BCUT2D eigenvalue weighted by Crippen LogP contribution is -1.95. The Bertz CT molecular complexity index is 894. The summed E-state index contributed by atoms with van der Waals surface area (Å²) in [4.78, 5) is 12.2. The van der Waals surface area contributed by atoms with Crippen LogP contribution in [0, 0.1) is 0 Å². The molecule has 3 heteroatoms. The van der Waals surface area contributed by atoms with Crippen molar-refractivity contribution in [3.05, 3.63) is 77.9 Å². The molecule has 0 aliphatic carbocycles. The lowest BCUT2D eigenvalue weighted by Gasteiger charge is -2.04. The van der Waals surface area contributed by atoms with E-state index in [2.05, 4.69) is 0 Å². The maximum Gasteiger partial charge on any atom is 0.189 e. The standard InChI is InChI=1S/C20H16O3/c1-23-17-9-10-18(20(22)13-17)19(21)11-7-14-6-8-15-4-2-3-5-16(15)12-14/h2-13,22H,1H3/b11-7+. The van der Waals surface area contributed by atoms with E-state index in [4.69, 9.17) is 4.74 Å². The van der Waals surface area contributed by atoms with Crippen LogP contribution in [0.4, 0.5) is 0 Å². The van der Waals surface area contributed by atoms with E-state index in [0.29, 0.717) is 5.75 Å². The summed E-state index contributed by atoms with van der Waals surface area (Å²) >= 11 is 0. The third-order valence-electron chi connectivity index (χ3n) is 3.67. The monoisotopic (exact) mass is 304 g/mol. The normalized spacial score (nSPS) is 11.0. The average molecular weight is 304 g/mol. The SMILES string of the molecule is COc1ccc(C(=O)/C=C/c2ccc3ccccc3c2)c(O)c1. The molecule has 0 atom stereocenters. The number of phenols is 1. The Kier molecular flexibility index (Phi) is 4.11. The van der Waals surface area contributed by atoms with E-state index in [-0.39, 0.29) is 17.1 Å². The van der Waals surface area contributed by atoms with Crippen molar-refractivity contribution >= 4 is 22.6 Å². The predicted octanol–water partition coefficient (Wildman–Crippen LogP) is 4.45. The molecule has 114 valence electrons. The van der Waals surface area contributed by atoms with Gasteiger partial charge in [-0.2, -0.15) is 0 Å². The van der Waals surface area contributed by atoms with Gasteiger partial charge in [0.05, 0.1) is 12.7 Å². The van der Waals surface area contributed by atoms with E-state index < -0.39 is 0 Å². The molecule has 3 nitrogen and oxygen atoms in total. The number of phenolic OH excluding ortho intramolecular Hbond substituents is 1. The predicted molar refractivity (Wildman–Crippen MR) is 92.0 cm³/mol. The van der Waals surface area contributed by atoms with Crippen molar-refractivity contribution < 1.29 is 14.6 Å². The van der Waals surface area contributed by atoms with Crippen LogP contribution in [0.5, 0.6) is 11.5 Å². The zero-order valence-electron chi connectivity index (χ0n) is 12.7. The van der Waals surface area contributed by atoms with Crippen LogP contribution in [0.25, 0.3) is 16.8 Å². The first-order valence-electron chi connectivity index (χ1n) is 7.25. The van der Waals surface area contributed by atoms with Crippen LogP contribution >= 0.6 is 0 Å². The van der Waals surface area contributed by atoms with E-state index in [0.717, 1.165) is 16.3 Å². The number of rotatable bonds is 4. The number of aromatic hydroxyl groups is 1. The molecule has 0 heterocycles. The average Bonchev–Trinajstić information content (AvgIpc) is 2.59. The number of fused-ring (bicyclic) bond motifs is 1. The van der Waals surface area contributed by atoms with E-state index in [9.17, 15) is 9.90 Å². The number of methoxy groups -OCH3 is 1. The van der Waals surface area contributed by atoms with Gasteiger partial charge in [0.1, 0.15) is 11.5 Å². The molecular weight excluding hydrogens is 288 g/mol. The number of ketones is 1. The zero-order chi connectivity index (χ0) is 16.2. The third-order valence-corrected chi connectivity index (χ3v) is 3.67.